The molecule has 1 aromatic carbocycles. The third kappa shape index (κ3) is 3.17. The molecule has 4 atom stereocenters. The van der Waals surface area contributed by atoms with Gasteiger partial charge in [0, 0.05) is 0 Å². The number of hydrogen-bond donors (Lipinski definition) is 0. The monoisotopic (exact) mass is 408 g/mol. The Morgan fingerprint density at radius 2 is 0.800 bits per heavy atom. The summed E-state index contributed by atoms with van der Waals surface area (Å²) < 4.78 is 0. The van der Waals surface area contributed by atoms with Crippen molar-refractivity contribution in [3.63, 3.8) is 0 Å². The molecule has 5 rings (SSSR count). The van der Waals surface area contributed by atoms with Gasteiger partial charge in [-0.25, -0.2) is 0 Å². The summed E-state index contributed by atoms with van der Waals surface area (Å²) in [7, 11) is 0. The molecule has 30 heavy (non-hydrogen) atoms. The third-order valence-corrected chi connectivity index (χ3v) is 7.57. The summed E-state index contributed by atoms with van der Waals surface area (Å²) in [5.41, 5.74) is 1.79. The van der Waals surface area contributed by atoms with Crippen molar-refractivity contribution in [3.8, 4) is 0 Å². The van der Waals surface area contributed by atoms with Crippen LogP contribution in [0.5, 0.6) is 0 Å². The number of carbonyl (C=O) groups excluding carboxylic acids is 4. The fourth-order valence-electron chi connectivity index (χ4n) is 5.89. The fraction of sp³-hybridized carbons (Fsp3) is 0.583. The zero-order valence-electron chi connectivity index (χ0n) is 17.2. The van der Waals surface area contributed by atoms with Gasteiger partial charge in [-0.2, -0.15) is 0 Å². The smallest absolute Gasteiger partial charge is 0.233 e. The van der Waals surface area contributed by atoms with Crippen LogP contribution >= 0.6 is 0 Å². The standard InChI is InChI=1S/C24H28N2O4/c27-21-17-5-1-2-6-18(17)22(28)25(21)13-15-9-11-16(12-10-15)14-26-23(29)19-7-3-4-8-20(19)24(26)30/h9-12,17-20H,1-8,13-14H2. The van der Waals surface area contributed by atoms with Crippen molar-refractivity contribution in [1.82, 2.24) is 9.80 Å². The van der Waals surface area contributed by atoms with Crippen LogP contribution in [0.4, 0.5) is 0 Å². The highest BCUT2D eigenvalue weighted by molar-refractivity contribution is 6.05. The third-order valence-electron chi connectivity index (χ3n) is 7.57. The van der Waals surface area contributed by atoms with Gasteiger partial charge in [0.2, 0.25) is 23.6 Å². The molecule has 6 heteroatoms. The molecule has 6 nitrogen and oxygen atoms in total. The first-order chi connectivity index (χ1) is 14.5. The van der Waals surface area contributed by atoms with Crippen LogP contribution in [0.3, 0.4) is 0 Å². The zero-order valence-corrected chi connectivity index (χ0v) is 17.2. The van der Waals surface area contributed by atoms with Crippen molar-refractivity contribution in [3.05, 3.63) is 35.4 Å². The van der Waals surface area contributed by atoms with Gasteiger partial charge in [-0.1, -0.05) is 49.9 Å². The molecule has 158 valence electrons. The number of fused-ring (bicyclic) bond motifs is 2. The van der Waals surface area contributed by atoms with E-state index in [9.17, 15) is 19.2 Å². The zero-order chi connectivity index (χ0) is 20.8. The van der Waals surface area contributed by atoms with Crippen LogP contribution in [0, 0.1) is 23.7 Å². The van der Waals surface area contributed by atoms with Crippen LogP contribution in [-0.2, 0) is 32.3 Å². The number of nitrogens with zero attached hydrogens (tertiary/aromatic N) is 2. The summed E-state index contributed by atoms with van der Waals surface area (Å²) in [5, 5.41) is 0. The number of carbonyl (C=O) groups is 4. The van der Waals surface area contributed by atoms with E-state index in [1.165, 1.54) is 9.80 Å². The van der Waals surface area contributed by atoms with Gasteiger partial charge in [0.15, 0.2) is 0 Å². The maximum absolute atomic E-state index is 12.7. The van der Waals surface area contributed by atoms with Crippen molar-refractivity contribution in [1.29, 1.82) is 0 Å². The van der Waals surface area contributed by atoms with Gasteiger partial charge in [0.05, 0.1) is 36.8 Å². The molecule has 4 unspecified atom stereocenters. The van der Waals surface area contributed by atoms with Gasteiger partial charge in [0.25, 0.3) is 0 Å². The van der Waals surface area contributed by atoms with Crippen molar-refractivity contribution in [2.24, 2.45) is 23.7 Å². The van der Waals surface area contributed by atoms with E-state index in [0.717, 1.165) is 62.5 Å². The molecule has 2 aliphatic heterocycles. The van der Waals surface area contributed by atoms with E-state index in [0.29, 0.717) is 13.1 Å². The van der Waals surface area contributed by atoms with Gasteiger partial charge in [-0.15, -0.1) is 0 Å². The van der Waals surface area contributed by atoms with Crippen molar-refractivity contribution >= 4 is 23.6 Å². The van der Waals surface area contributed by atoms with E-state index in [1.54, 1.807) is 0 Å². The fourth-order valence-corrected chi connectivity index (χ4v) is 5.89. The minimum Gasteiger partial charge on any atom is -0.278 e. The maximum Gasteiger partial charge on any atom is 0.233 e. The van der Waals surface area contributed by atoms with Crippen molar-refractivity contribution in [2.75, 3.05) is 0 Å². The molecule has 0 N–H and O–H groups in total. The molecule has 2 saturated carbocycles. The Morgan fingerprint density at radius 3 is 1.07 bits per heavy atom. The molecular formula is C24H28N2O4. The first-order valence-corrected chi connectivity index (χ1v) is 11.3. The molecule has 4 fully saturated rings. The van der Waals surface area contributed by atoms with E-state index < -0.39 is 0 Å². The second-order valence-electron chi connectivity index (χ2n) is 9.34. The van der Waals surface area contributed by atoms with Crippen LogP contribution in [0.1, 0.15) is 62.5 Å². The lowest BCUT2D eigenvalue weighted by Gasteiger charge is -2.19. The minimum absolute atomic E-state index is 0.0235. The molecule has 2 heterocycles. The van der Waals surface area contributed by atoms with Gasteiger partial charge in [-0.05, 0) is 36.8 Å². The molecule has 0 spiro atoms. The predicted molar refractivity (Wildman–Crippen MR) is 108 cm³/mol. The molecule has 2 aliphatic carbocycles. The first kappa shape index (κ1) is 19.5. The minimum atomic E-state index is -0.124. The highest BCUT2D eigenvalue weighted by Gasteiger charge is 2.49. The van der Waals surface area contributed by atoms with Crippen LogP contribution in [0.2, 0.25) is 0 Å². The topological polar surface area (TPSA) is 74.8 Å². The van der Waals surface area contributed by atoms with Crippen LogP contribution in [0.25, 0.3) is 0 Å². The molecule has 4 aliphatic rings. The second-order valence-corrected chi connectivity index (χ2v) is 9.34. The summed E-state index contributed by atoms with van der Waals surface area (Å²) >= 11 is 0. The summed E-state index contributed by atoms with van der Waals surface area (Å²) in [6.07, 6.45) is 7.40. The first-order valence-electron chi connectivity index (χ1n) is 11.3. The second kappa shape index (κ2) is 7.64. The summed E-state index contributed by atoms with van der Waals surface area (Å²) in [4.78, 5) is 53.5. The quantitative estimate of drug-likeness (QED) is 0.718. The van der Waals surface area contributed by atoms with Crippen LogP contribution < -0.4 is 0 Å². The lowest BCUT2D eigenvalue weighted by molar-refractivity contribution is -0.142. The largest absolute Gasteiger partial charge is 0.278 e. The predicted octanol–water partition coefficient (Wildman–Crippen LogP) is 3.04. The van der Waals surface area contributed by atoms with Gasteiger partial charge in [-0.3, -0.25) is 29.0 Å². The molecule has 0 bridgehead atoms. The Morgan fingerprint density at radius 1 is 0.533 bits per heavy atom. The lowest BCUT2D eigenvalue weighted by atomic mass is 9.81. The molecule has 1 aromatic rings. The number of amides is 4. The molecular weight excluding hydrogens is 380 g/mol. The lowest BCUT2D eigenvalue weighted by Crippen LogP contribution is -2.31. The number of benzene rings is 1. The Labute approximate surface area is 176 Å². The highest BCUT2D eigenvalue weighted by atomic mass is 16.2. The number of rotatable bonds is 4. The molecule has 4 amide bonds. The maximum atomic E-state index is 12.7. The van der Waals surface area contributed by atoms with E-state index in [2.05, 4.69) is 0 Å². The Kier molecular flexibility index (Phi) is 4.95. The Balaban J connectivity index is 1.25. The molecule has 0 radical (unpaired) electrons. The Bertz CT molecular complexity index is 772. The van der Waals surface area contributed by atoms with E-state index in [-0.39, 0.29) is 47.3 Å². The van der Waals surface area contributed by atoms with E-state index in [4.69, 9.17) is 0 Å². The molecule has 2 saturated heterocycles. The van der Waals surface area contributed by atoms with Crippen LogP contribution in [-0.4, -0.2) is 33.4 Å². The summed E-state index contributed by atoms with van der Waals surface area (Å²) in [6, 6.07) is 7.60. The number of imide groups is 2. The van der Waals surface area contributed by atoms with Gasteiger partial charge >= 0.3 is 0 Å². The van der Waals surface area contributed by atoms with Crippen LogP contribution in [0.15, 0.2) is 24.3 Å². The van der Waals surface area contributed by atoms with Crippen molar-refractivity contribution < 1.29 is 19.2 Å². The number of hydrogen-bond acceptors (Lipinski definition) is 4. The highest BCUT2D eigenvalue weighted by Crippen LogP contribution is 2.39. The normalized spacial score (nSPS) is 31.3. The number of likely N-dealkylation sites (tertiary alicyclic amines) is 2. The summed E-state index contributed by atoms with van der Waals surface area (Å²) in [5.74, 6) is -0.589. The van der Waals surface area contributed by atoms with E-state index in [1.807, 2.05) is 24.3 Å². The van der Waals surface area contributed by atoms with E-state index >= 15 is 0 Å². The van der Waals surface area contributed by atoms with Crippen molar-refractivity contribution in [2.45, 2.75) is 64.5 Å². The van der Waals surface area contributed by atoms with Gasteiger partial charge < -0.3 is 0 Å². The van der Waals surface area contributed by atoms with Gasteiger partial charge in [0.1, 0.15) is 0 Å². The SMILES string of the molecule is O=C1C2CCCCC2C(=O)N1Cc1ccc(CN2C(=O)C3CCCCC3C2=O)cc1. The average Bonchev–Trinajstić information content (AvgIpc) is 3.16. The molecule has 0 aromatic heterocycles. The summed E-state index contributed by atoms with van der Waals surface area (Å²) in [6.45, 7) is 0.605. The average molecular weight is 408 g/mol. The Hall–Kier alpha value is -2.50.